The lowest BCUT2D eigenvalue weighted by atomic mass is 9.79. The van der Waals surface area contributed by atoms with Gasteiger partial charge in [0.1, 0.15) is 0 Å². The Morgan fingerprint density at radius 3 is 2.78 bits per heavy atom. The lowest BCUT2D eigenvalue weighted by Crippen LogP contribution is -2.33. The van der Waals surface area contributed by atoms with Crippen molar-refractivity contribution < 1.29 is 0 Å². The molecule has 2 heteroatoms. The topological polar surface area (TPSA) is 24.4 Å². The molecule has 9 heavy (non-hydrogen) atoms. The molecule has 1 fully saturated rings. The second-order valence-corrected chi connectivity index (χ2v) is 2.97. The van der Waals surface area contributed by atoms with E-state index in [1.165, 1.54) is 19.3 Å². The van der Waals surface area contributed by atoms with Gasteiger partial charge in [-0.1, -0.05) is 6.42 Å². The molecule has 2 rings (SSSR count). The minimum absolute atomic E-state index is 0.693. The van der Waals surface area contributed by atoms with Crippen molar-refractivity contribution in [2.75, 3.05) is 0 Å². The Bertz CT molecular complexity index is 119. The fraction of sp³-hybridized carbons (Fsp3) is 0.857. The molecule has 2 nitrogen and oxygen atoms in total. The van der Waals surface area contributed by atoms with E-state index in [-0.39, 0.29) is 0 Å². The van der Waals surface area contributed by atoms with Crippen LogP contribution < -0.4 is 5.43 Å². The van der Waals surface area contributed by atoms with E-state index in [0.717, 1.165) is 12.3 Å². The predicted octanol–water partition coefficient (Wildman–Crippen LogP) is 1.13. The monoisotopic (exact) mass is 124 g/mol. The smallest absolute Gasteiger partial charge is 0.0518 e. The Labute approximate surface area is 55.3 Å². The van der Waals surface area contributed by atoms with Crippen LogP contribution in [0.25, 0.3) is 0 Å². The molecule has 0 bridgehead atoms. The van der Waals surface area contributed by atoms with Crippen LogP contribution in [0, 0.1) is 5.92 Å². The highest BCUT2D eigenvalue weighted by Gasteiger charge is 2.27. The summed E-state index contributed by atoms with van der Waals surface area (Å²) in [5, 5.41) is 3.99. The van der Waals surface area contributed by atoms with E-state index in [0.29, 0.717) is 6.04 Å². The van der Waals surface area contributed by atoms with Crippen LogP contribution in [0.3, 0.4) is 0 Å². The first-order valence-corrected chi connectivity index (χ1v) is 3.74. The molecule has 0 radical (unpaired) electrons. The number of hydrogen-bond donors (Lipinski definition) is 1. The van der Waals surface area contributed by atoms with Crippen LogP contribution in [0.4, 0.5) is 0 Å². The molecule has 50 valence electrons. The molecular weight excluding hydrogens is 112 g/mol. The Morgan fingerprint density at radius 2 is 2.33 bits per heavy atom. The van der Waals surface area contributed by atoms with E-state index in [1.807, 2.05) is 6.21 Å². The quantitative estimate of drug-likeness (QED) is 0.557. The summed E-state index contributed by atoms with van der Waals surface area (Å²) >= 11 is 0. The number of rotatable bonds is 1. The summed E-state index contributed by atoms with van der Waals surface area (Å²) in [5.74, 6) is 0.937. The zero-order chi connectivity index (χ0) is 6.10. The first-order chi connectivity index (χ1) is 4.47. The van der Waals surface area contributed by atoms with Gasteiger partial charge in [0, 0.05) is 12.6 Å². The first kappa shape index (κ1) is 5.27. The summed E-state index contributed by atoms with van der Waals surface area (Å²) in [5.41, 5.74) is 3.13. The summed E-state index contributed by atoms with van der Waals surface area (Å²) in [4.78, 5) is 0. The highest BCUT2D eigenvalue weighted by atomic mass is 15.3. The molecule has 1 aliphatic carbocycles. The highest BCUT2D eigenvalue weighted by molar-refractivity contribution is 5.59. The van der Waals surface area contributed by atoms with Crippen LogP contribution in [0.2, 0.25) is 0 Å². The molecule has 1 atom stereocenters. The van der Waals surface area contributed by atoms with E-state index in [2.05, 4.69) is 10.5 Å². The number of nitrogens with one attached hydrogen (secondary N) is 1. The molecule has 0 aromatic rings. The standard InChI is InChI=1S/C7H12N2/c1-2-6(3-1)7-4-5-8-9-7/h5-7,9H,1-4H2. The van der Waals surface area contributed by atoms with Crippen molar-refractivity contribution in [3.63, 3.8) is 0 Å². The minimum Gasteiger partial charge on any atom is -0.307 e. The van der Waals surface area contributed by atoms with Crippen molar-refractivity contribution in [2.45, 2.75) is 31.7 Å². The maximum Gasteiger partial charge on any atom is 0.0518 e. The Hall–Kier alpha value is -0.530. The van der Waals surface area contributed by atoms with Gasteiger partial charge in [-0.15, -0.1) is 0 Å². The maximum absolute atomic E-state index is 3.99. The second kappa shape index (κ2) is 2.01. The average Bonchev–Trinajstić information content (AvgIpc) is 2.11. The van der Waals surface area contributed by atoms with Gasteiger partial charge in [0.2, 0.25) is 0 Å². The third-order valence-corrected chi connectivity index (χ3v) is 2.41. The van der Waals surface area contributed by atoms with Gasteiger partial charge in [-0.25, -0.2) is 0 Å². The van der Waals surface area contributed by atoms with E-state index in [1.54, 1.807) is 0 Å². The minimum atomic E-state index is 0.693. The van der Waals surface area contributed by atoms with Gasteiger partial charge >= 0.3 is 0 Å². The van der Waals surface area contributed by atoms with Crippen LogP contribution in [-0.2, 0) is 0 Å². The SMILES string of the molecule is C1=NNC(C2CCC2)C1. The molecule has 0 saturated heterocycles. The van der Waals surface area contributed by atoms with Crippen LogP contribution in [0.15, 0.2) is 5.10 Å². The maximum atomic E-state index is 3.99. The summed E-state index contributed by atoms with van der Waals surface area (Å²) < 4.78 is 0. The van der Waals surface area contributed by atoms with Crippen molar-refractivity contribution >= 4 is 6.21 Å². The summed E-state index contributed by atoms with van der Waals surface area (Å²) in [6.07, 6.45) is 7.42. The van der Waals surface area contributed by atoms with Gasteiger partial charge in [-0.3, -0.25) is 0 Å². The number of hydrazone groups is 1. The van der Waals surface area contributed by atoms with Crippen LogP contribution >= 0.6 is 0 Å². The second-order valence-electron chi connectivity index (χ2n) is 2.97. The van der Waals surface area contributed by atoms with Crippen molar-refractivity contribution in [3.8, 4) is 0 Å². The molecular formula is C7H12N2. The molecule has 0 amide bonds. The molecule has 0 spiro atoms. The molecule has 1 heterocycles. The van der Waals surface area contributed by atoms with E-state index in [9.17, 15) is 0 Å². The zero-order valence-corrected chi connectivity index (χ0v) is 5.51. The Morgan fingerprint density at radius 1 is 1.44 bits per heavy atom. The Kier molecular flexibility index (Phi) is 1.18. The van der Waals surface area contributed by atoms with Gasteiger partial charge < -0.3 is 5.43 Å². The number of nitrogens with zero attached hydrogens (tertiary/aromatic N) is 1. The van der Waals surface area contributed by atoms with Crippen molar-refractivity contribution in [1.82, 2.24) is 5.43 Å². The molecule has 1 saturated carbocycles. The number of hydrogen-bond acceptors (Lipinski definition) is 2. The molecule has 1 N–H and O–H groups in total. The zero-order valence-electron chi connectivity index (χ0n) is 5.51. The Balaban J connectivity index is 1.85. The molecule has 2 aliphatic rings. The summed E-state index contributed by atoms with van der Waals surface area (Å²) in [7, 11) is 0. The summed E-state index contributed by atoms with van der Waals surface area (Å²) in [6, 6.07) is 0.693. The van der Waals surface area contributed by atoms with Crippen LogP contribution in [0.5, 0.6) is 0 Å². The van der Waals surface area contributed by atoms with Crippen molar-refractivity contribution in [2.24, 2.45) is 11.0 Å². The van der Waals surface area contributed by atoms with Gasteiger partial charge in [-0.05, 0) is 18.8 Å². The van der Waals surface area contributed by atoms with E-state index in [4.69, 9.17) is 0 Å². The lowest BCUT2D eigenvalue weighted by Gasteiger charge is -2.30. The first-order valence-electron chi connectivity index (χ1n) is 3.74. The van der Waals surface area contributed by atoms with Crippen LogP contribution in [-0.4, -0.2) is 12.3 Å². The van der Waals surface area contributed by atoms with Gasteiger partial charge in [0.05, 0.1) is 6.04 Å². The van der Waals surface area contributed by atoms with E-state index >= 15 is 0 Å². The third kappa shape index (κ3) is 0.824. The van der Waals surface area contributed by atoms with Gasteiger partial charge in [0.25, 0.3) is 0 Å². The largest absolute Gasteiger partial charge is 0.307 e. The fourth-order valence-corrected chi connectivity index (χ4v) is 1.51. The average molecular weight is 124 g/mol. The third-order valence-electron chi connectivity index (χ3n) is 2.41. The molecule has 1 aliphatic heterocycles. The van der Waals surface area contributed by atoms with Gasteiger partial charge in [0.15, 0.2) is 0 Å². The van der Waals surface area contributed by atoms with E-state index < -0.39 is 0 Å². The highest BCUT2D eigenvalue weighted by Crippen LogP contribution is 2.31. The molecule has 0 aromatic carbocycles. The van der Waals surface area contributed by atoms with Gasteiger partial charge in [-0.2, -0.15) is 5.10 Å². The van der Waals surface area contributed by atoms with Crippen LogP contribution in [0.1, 0.15) is 25.7 Å². The van der Waals surface area contributed by atoms with Crippen molar-refractivity contribution in [3.05, 3.63) is 0 Å². The lowest BCUT2D eigenvalue weighted by molar-refractivity contribution is 0.243. The van der Waals surface area contributed by atoms with Crippen molar-refractivity contribution in [1.29, 1.82) is 0 Å². The predicted molar refractivity (Wildman–Crippen MR) is 37.4 cm³/mol. The summed E-state index contributed by atoms with van der Waals surface area (Å²) in [6.45, 7) is 0. The molecule has 1 unspecified atom stereocenters. The normalized spacial score (nSPS) is 34.0. The fourth-order valence-electron chi connectivity index (χ4n) is 1.51. The molecule has 0 aromatic heterocycles.